The molecule has 28 heavy (non-hydrogen) atoms. The van der Waals surface area contributed by atoms with Gasteiger partial charge in [0.1, 0.15) is 0 Å². The molecule has 4 aromatic rings. The summed E-state index contributed by atoms with van der Waals surface area (Å²) in [4.78, 5) is 0. The fourth-order valence-corrected chi connectivity index (χ4v) is 3.05. The van der Waals surface area contributed by atoms with Gasteiger partial charge >= 0.3 is 41.3 Å². The molecular formula is C25H22Cl2Zr-2. The Morgan fingerprint density at radius 1 is 0.893 bits per heavy atom. The van der Waals surface area contributed by atoms with Crippen molar-refractivity contribution in [3.63, 3.8) is 0 Å². The van der Waals surface area contributed by atoms with Gasteiger partial charge < -0.3 is 24.8 Å². The maximum Gasteiger partial charge on any atom is -0.0271 e. The summed E-state index contributed by atoms with van der Waals surface area (Å²) < 4.78 is 1.51. The first kappa shape index (κ1) is 24.6. The topological polar surface area (TPSA) is 0 Å². The van der Waals surface area contributed by atoms with Gasteiger partial charge in [0, 0.05) is 0 Å². The van der Waals surface area contributed by atoms with Gasteiger partial charge in [-0.05, 0) is 5.39 Å². The Kier molecular flexibility index (Phi) is 10.8. The van der Waals surface area contributed by atoms with E-state index in [1.54, 1.807) is 24.2 Å². The molecule has 0 saturated heterocycles. The van der Waals surface area contributed by atoms with Gasteiger partial charge in [0.15, 0.2) is 0 Å². The Morgan fingerprint density at radius 2 is 1.54 bits per heavy atom. The van der Waals surface area contributed by atoms with Crippen LogP contribution in [-0.2, 0) is 24.2 Å². The van der Waals surface area contributed by atoms with Crippen LogP contribution in [0.2, 0.25) is 0 Å². The summed E-state index contributed by atoms with van der Waals surface area (Å²) in [5.74, 6) is 0. The van der Waals surface area contributed by atoms with Crippen LogP contribution < -0.4 is 24.8 Å². The minimum atomic E-state index is 0. The van der Waals surface area contributed by atoms with Crippen molar-refractivity contribution in [2.75, 3.05) is 0 Å². The molecule has 0 aromatic heterocycles. The third-order valence-electron chi connectivity index (χ3n) is 4.11. The van der Waals surface area contributed by atoms with Crippen molar-refractivity contribution in [1.82, 2.24) is 0 Å². The molecule has 0 nitrogen and oxygen atoms in total. The van der Waals surface area contributed by atoms with Crippen LogP contribution in [0, 0.1) is 6.08 Å². The normalized spacial score (nSPS) is 11.1. The minimum Gasteiger partial charge on any atom is -1.00 e. The first-order valence-electron chi connectivity index (χ1n) is 8.86. The second-order valence-electron chi connectivity index (χ2n) is 6.48. The number of fused-ring (bicyclic) bond motifs is 5. The van der Waals surface area contributed by atoms with Crippen molar-refractivity contribution in [1.29, 1.82) is 0 Å². The summed E-state index contributed by atoms with van der Waals surface area (Å²) in [7, 11) is 0. The van der Waals surface area contributed by atoms with E-state index < -0.39 is 0 Å². The quantitative estimate of drug-likeness (QED) is 0.257. The predicted molar refractivity (Wildman–Crippen MR) is 112 cm³/mol. The van der Waals surface area contributed by atoms with Gasteiger partial charge in [0.25, 0.3) is 0 Å². The molecule has 0 aliphatic heterocycles. The largest absolute Gasteiger partial charge is 1.00 e. The Bertz CT molecular complexity index is 1090. The van der Waals surface area contributed by atoms with Crippen molar-refractivity contribution < 1.29 is 49.0 Å². The smallest absolute Gasteiger partial charge is 0.0271 e. The van der Waals surface area contributed by atoms with E-state index in [0.29, 0.717) is 0 Å². The summed E-state index contributed by atoms with van der Waals surface area (Å²) in [5.41, 5.74) is 0. The second kappa shape index (κ2) is 12.2. The Balaban J connectivity index is 0.000000302. The molecule has 0 spiro atoms. The molecule has 0 fully saturated rings. The molecule has 0 heterocycles. The average Bonchev–Trinajstić information content (AvgIpc) is 3.35. The van der Waals surface area contributed by atoms with Crippen LogP contribution in [0.25, 0.3) is 32.3 Å². The molecule has 4 aromatic carbocycles. The van der Waals surface area contributed by atoms with Crippen LogP contribution in [0.4, 0.5) is 0 Å². The van der Waals surface area contributed by atoms with Gasteiger partial charge in [-0.2, -0.15) is 18.2 Å². The van der Waals surface area contributed by atoms with Crippen LogP contribution in [0.3, 0.4) is 0 Å². The third-order valence-corrected chi connectivity index (χ3v) is 4.11. The summed E-state index contributed by atoms with van der Waals surface area (Å²) in [5, 5.41) is 8.05. The van der Waals surface area contributed by atoms with Gasteiger partial charge in [-0.1, -0.05) is 58.6 Å². The molecule has 3 heteroatoms. The van der Waals surface area contributed by atoms with Gasteiger partial charge in [-0.3, -0.25) is 6.08 Å². The Labute approximate surface area is 194 Å². The fraction of sp³-hybridized carbons (Fsp3) is 0.120. The van der Waals surface area contributed by atoms with Crippen LogP contribution >= 0.6 is 0 Å². The number of allylic oxidation sites excluding steroid dienone is 4. The van der Waals surface area contributed by atoms with Crippen LogP contribution in [0.1, 0.15) is 20.3 Å². The molecule has 1 aliphatic carbocycles. The zero-order valence-corrected chi connectivity index (χ0v) is 20.0. The molecular weight excluding hydrogens is 462 g/mol. The summed E-state index contributed by atoms with van der Waals surface area (Å²) >= 11 is 1.55. The first-order chi connectivity index (χ1) is 12.7. The second-order valence-corrected chi connectivity index (χ2v) is 8.94. The number of hydrogen-bond acceptors (Lipinski definition) is 0. The maximum absolute atomic E-state index is 2.99. The van der Waals surface area contributed by atoms with E-state index in [4.69, 9.17) is 0 Å². The van der Waals surface area contributed by atoms with Gasteiger partial charge in [-0.25, -0.2) is 12.2 Å². The Morgan fingerprint density at radius 3 is 2.14 bits per heavy atom. The van der Waals surface area contributed by atoms with Crippen molar-refractivity contribution >= 4 is 35.5 Å². The van der Waals surface area contributed by atoms with E-state index >= 15 is 0 Å². The summed E-state index contributed by atoms with van der Waals surface area (Å²) in [6.07, 6.45) is 10.0. The van der Waals surface area contributed by atoms with Crippen molar-refractivity contribution in [2.24, 2.45) is 0 Å². The van der Waals surface area contributed by atoms with Crippen LogP contribution in [0.5, 0.6) is 0 Å². The molecule has 0 amide bonds. The van der Waals surface area contributed by atoms with E-state index in [-0.39, 0.29) is 24.8 Å². The van der Waals surface area contributed by atoms with Crippen LogP contribution in [0.15, 0.2) is 85.0 Å². The van der Waals surface area contributed by atoms with E-state index in [1.807, 2.05) is 12.2 Å². The number of halogens is 2. The zero-order chi connectivity index (χ0) is 18.4. The Hall–Kier alpha value is -1.40. The summed E-state index contributed by atoms with van der Waals surface area (Å²) in [6, 6.07) is 23.9. The van der Waals surface area contributed by atoms with E-state index in [2.05, 4.69) is 92.7 Å². The maximum atomic E-state index is 2.99. The standard InChI is InChI=1S/C17H11.C5H5.C3H6.2ClH.Zr/c1-2-6-15-12(4-1)8-10-14-11-9-13-5-3-7-16(13)17(14)15;1-2-4-5-3-1;1-3-2;;;/h1-11H;1-3H,4H2;1-2H3;2*1H;/q2*-1;;;;+2/p-2. The van der Waals surface area contributed by atoms with Crippen molar-refractivity contribution in [3.05, 3.63) is 91.0 Å². The molecule has 0 saturated carbocycles. The molecule has 1 aliphatic rings. The summed E-state index contributed by atoms with van der Waals surface area (Å²) in [6.45, 7) is 4.25. The SMILES string of the molecule is C[C](C)=[Zr+2].[C-]1=CC=CC1.[Cl-].[Cl-].c1ccc2c(c1)ccc1ccc3cc[cH-]c3c12. The molecule has 0 atom stereocenters. The monoisotopic (exact) mass is 482 g/mol. The number of benzene rings is 3. The molecule has 5 rings (SSSR count). The molecule has 0 radical (unpaired) electrons. The first-order valence-corrected chi connectivity index (χ1v) is 10.1. The van der Waals surface area contributed by atoms with E-state index in [1.165, 1.54) is 35.5 Å². The fourth-order valence-electron chi connectivity index (χ4n) is 3.05. The van der Waals surface area contributed by atoms with E-state index in [0.717, 1.165) is 6.42 Å². The number of rotatable bonds is 0. The minimum absolute atomic E-state index is 0. The van der Waals surface area contributed by atoms with E-state index in [9.17, 15) is 0 Å². The molecule has 0 unspecified atom stereocenters. The van der Waals surface area contributed by atoms with Crippen molar-refractivity contribution in [2.45, 2.75) is 20.3 Å². The average molecular weight is 485 g/mol. The van der Waals surface area contributed by atoms with Gasteiger partial charge in [0.05, 0.1) is 0 Å². The zero-order valence-electron chi connectivity index (χ0n) is 16.0. The molecule has 142 valence electrons. The molecule has 0 bridgehead atoms. The van der Waals surface area contributed by atoms with Crippen molar-refractivity contribution in [3.8, 4) is 0 Å². The van der Waals surface area contributed by atoms with Gasteiger partial charge in [-0.15, -0.1) is 29.3 Å². The number of hydrogen-bond donors (Lipinski definition) is 0. The molecule has 0 N–H and O–H groups in total. The van der Waals surface area contributed by atoms with Gasteiger partial charge in [0.2, 0.25) is 0 Å². The van der Waals surface area contributed by atoms with Crippen LogP contribution in [-0.4, -0.2) is 3.21 Å². The predicted octanol–water partition coefficient (Wildman–Crippen LogP) is 0.924. The third kappa shape index (κ3) is 6.31.